The minimum absolute atomic E-state index is 0.112. The molecular formula is C17H20N2O4. The van der Waals surface area contributed by atoms with E-state index < -0.39 is 0 Å². The zero-order chi connectivity index (χ0) is 16.7. The van der Waals surface area contributed by atoms with Crippen LogP contribution in [0.1, 0.15) is 34.3 Å². The van der Waals surface area contributed by atoms with Crippen LogP contribution in [0.5, 0.6) is 0 Å². The number of carbonyl (C=O) groups is 2. The van der Waals surface area contributed by atoms with Crippen molar-refractivity contribution in [3.05, 3.63) is 54.0 Å². The molecule has 0 radical (unpaired) electrons. The van der Waals surface area contributed by atoms with Crippen molar-refractivity contribution < 1.29 is 19.1 Å². The van der Waals surface area contributed by atoms with Crippen molar-refractivity contribution in [2.24, 2.45) is 5.92 Å². The summed E-state index contributed by atoms with van der Waals surface area (Å²) in [6, 6.07) is 9.82. The summed E-state index contributed by atoms with van der Waals surface area (Å²) in [6.45, 7) is 2.58. The van der Waals surface area contributed by atoms with Crippen LogP contribution in [0.3, 0.4) is 0 Å². The second-order valence-electron chi connectivity index (χ2n) is 5.34. The molecule has 0 bridgehead atoms. The van der Waals surface area contributed by atoms with Crippen molar-refractivity contribution in [3.63, 3.8) is 0 Å². The van der Waals surface area contributed by atoms with Gasteiger partial charge in [-0.05, 0) is 48.7 Å². The number of amides is 2. The van der Waals surface area contributed by atoms with Gasteiger partial charge in [0.1, 0.15) is 0 Å². The van der Waals surface area contributed by atoms with Gasteiger partial charge in [0.05, 0.1) is 6.26 Å². The van der Waals surface area contributed by atoms with E-state index in [1.54, 1.807) is 36.4 Å². The van der Waals surface area contributed by atoms with Crippen LogP contribution in [-0.2, 0) is 0 Å². The van der Waals surface area contributed by atoms with Gasteiger partial charge < -0.3 is 20.2 Å². The summed E-state index contributed by atoms with van der Waals surface area (Å²) in [5.41, 5.74) is 1.09. The van der Waals surface area contributed by atoms with Gasteiger partial charge in [-0.1, -0.05) is 6.92 Å². The first-order valence-electron chi connectivity index (χ1n) is 7.44. The minimum Gasteiger partial charge on any atom is -0.459 e. The van der Waals surface area contributed by atoms with E-state index >= 15 is 0 Å². The number of anilines is 1. The maximum absolute atomic E-state index is 12.0. The molecule has 1 atom stereocenters. The molecule has 1 aromatic carbocycles. The van der Waals surface area contributed by atoms with E-state index in [1.807, 2.05) is 6.92 Å². The van der Waals surface area contributed by atoms with Crippen LogP contribution in [0.4, 0.5) is 5.69 Å². The largest absolute Gasteiger partial charge is 0.459 e. The van der Waals surface area contributed by atoms with Gasteiger partial charge in [0.15, 0.2) is 5.76 Å². The molecule has 0 spiro atoms. The fraction of sp³-hybridized carbons (Fsp3) is 0.294. The van der Waals surface area contributed by atoms with Gasteiger partial charge in [-0.25, -0.2) is 0 Å². The smallest absolute Gasteiger partial charge is 0.291 e. The molecule has 122 valence electrons. The van der Waals surface area contributed by atoms with E-state index in [4.69, 9.17) is 9.52 Å². The van der Waals surface area contributed by atoms with Crippen molar-refractivity contribution in [2.75, 3.05) is 18.5 Å². The van der Waals surface area contributed by atoms with Crippen molar-refractivity contribution >= 4 is 17.5 Å². The van der Waals surface area contributed by atoms with E-state index in [0.717, 1.165) is 0 Å². The molecule has 2 aromatic rings. The molecule has 1 unspecified atom stereocenters. The maximum atomic E-state index is 12.0. The van der Waals surface area contributed by atoms with Crippen LogP contribution in [0, 0.1) is 5.92 Å². The van der Waals surface area contributed by atoms with Gasteiger partial charge in [0.25, 0.3) is 11.8 Å². The Morgan fingerprint density at radius 1 is 1.17 bits per heavy atom. The van der Waals surface area contributed by atoms with Crippen molar-refractivity contribution in [1.29, 1.82) is 0 Å². The van der Waals surface area contributed by atoms with Crippen LogP contribution in [0.25, 0.3) is 0 Å². The Labute approximate surface area is 134 Å². The number of nitrogens with one attached hydrogen (secondary N) is 2. The average Bonchev–Trinajstić information content (AvgIpc) is 3.08. The maximum Gasteiger partial charge on any atom is 0.291 e. The molecule has 2 amide bonds. The highest BCUT2D eigenvalue weighted by atomic mass is 16.3. The number of benzene rings is 1. The Hall–Kier alpha value is -2.60. The lowest BCUT2D eigenvalue weighted by molar-refractivity contribution is 0.0944. The molecule has 2 rings (SSSR count). The van der Waals surface area contributed by atoms with E-state index in [0.29, 0.717) is 24.2 Å². The Kier molecular flexibility index (Phi) is 5.94. The Morgan fingerprint density at radius 2 is 1.91 bits per heavy atom. The minimum atomic E-state index is -0.343. The number of furan rings is 1. The fourth-order valence-electron chi connectivity index (χ4n) is 2.00. The Balaban J connectivity index is 1.88. The molecule has 0 fully saturated rings. The molecular weight excluding hydrogens is 296 g/mol. The summed E-state index contributed by atoms with van der Waals surface area (Å²) in [4.78, 5) is 23.8. The lowest BCUT2D eigenvalue weighted by atomic mass is 10.1. The highest BCUT2D eigenvalue weighted by molar-refractivity contribution is 6.02. The first-order chi connectivity index (χ1) is 11.1. The SMILES string of the molecule is CC(CCO)CNC(=O)c1ccc(NC(=O)c2ccco2)cc1. The standard InChI is InChI=1S/C17H20N2O4/c1-12(8-9-20)11-18-16(21)13-4-6-14(7-5-13)19-17(22)15-3-2-10-23-15/h2-7,10,12,20H,8-9,11H2,1H3,(H,18,21)(H,19,22). The zero-order valence-corrected chi connectivity index (χ0v) is 12.9. The average molecular weight is 316 g/mol. The molecule has 0 saturated heterocycles. The van der Waals surface area contributed by atoms with E-state index in [2.05, 4.69) is 10.6 Å². The lowest BCUT2D eigenvalue weighted by Gasteiger charge is -2.11. The van der Waals surface area contributed by atoms with Gasteiger partial charge in [-0.3, -0.25) is 9.59 Å². The Morgan fingerprint density at radius 3 is 2.52 bits per heavy atom. The van der Waals surface area contributed by atoms with Gasteiger partial charge >= 0.3 is 0 Å². The van der Waals surface area contributed by atoms with E-state index in [-0.39, 0.29) is 30.1 Å². The van der Waals surface area contributed by atoms with Gasteiger partial charge in [-0.15, -0.1) is 0 Å². The third kappa shape index (κ3) is 4.96. The van der Waals surface area contributed by atoms with Crippen LogP contribution in [0.15, 0.2) is 47.1 Å². The summed E-state index contributed by atoms with van der Waals surface area (Å²) in [5.74, 6) is -0.0794. The normalized spacial score (nSPS) is 11.7. The molecule has 23 heavy (non-hydrogen) atoms. The third-order valence-corrected chi connectivity index (χ3v) is 3.38. The second-order valence-corrected chi connectivity index (χ2v) is 5.34. The Bertz CT molecular complexity index is 635. The van der Waals surface area contributed by atoms with Gasteiger partial charge in [0.2, 0.25) is 0 Å². The number of aliphatic hydroxyl groups is 1. The highest BCUT2D eigenvalue weighted by Gasteiger charge is 2.10. The molecule has 6 nitrogen and oxygen atoms in total. The van der Waals surface area contributed by atoms with Crippen LogP contribution >= 0.6 is 0 Å². The second kappa shape index (κ2) is 8.14. The zero-order valence-electron chi connectivity index (χ0n) is 12.9. The molecule has 0 aliphatic rings. The third-order valence-electron chi connectivity index (χ3n) is 3.38. The predicted molar refractivity (Wildman–Crippen MR) is 86.3 cm³/mol. The number of aliphatic hydroxyl groups excluding tert-OH is 1. The molecule has 0 aliphatic carbocycles. The quantitative estimate of drug-likeness (QED) is 0.731. The molecule has 0 aliphatic heterocycles. The number of carbonyl (C=O) groups excluding carboxylic acids is 2. The lowest BCUT2D eigenvalue weighted by Crippen LogP contribution is -2.28. The number of rotatable bonds is 7. The molecule has 6 heteroatoms. The van der Waals surface area contributed by atoms with Crippen LogP contribution in [0.2, 0.25) is 0 Å². The molecule has 0 saturated carbocycles. The topological polar surface area (TPSA) is 91.6 Å². The monoisotopic (exact) mass is 316 g/mol. The van der Waals surface area contributed by atoms with Crippen LogP contribution < -0.4 is 10.6 Å². The summed E-state index contributed by atoms with van der Waals surface area (Å²) in [7, 11) is 0. The highest BCUT2D eigenvalue weighted by Crippen LogP contribution is 2.12. The predicted octanol–water partition coefficient (Wildman–Crippen LogP) is 2.28. The van der Waals surface area contributed by atoms with Gasteiger partial charge in [-0.2, -0.15) is 0 Å². The molecule has 1 heterocycles. The number of hydrogen-bond acceptors (Lipinski definition) is 4. The summed E-state index contributed by atoms with van der Waals surface area (Å²) in [5, 5.41) is 14.3. The summed E-state index contributed by atoms with van der Waals surface area (Å²) >= 11 is 0. The van der Waals surface area contributed by atoms with Crippen LogP contribution in [-0.4, -0.2) is 30.1 Å². The van der Waals surface area contributed by atoms with E-state index in [1.165, 1.54) is 6.26 Å². The first-order valence-corrected chi connectivity index (χ1v) is 7.44. The van der Waals surface area contributed by atoms with E-state index in [9.17, 15) is 9.59 Å². The molecule has 1 aromatic heterocycles. The number of hydrogen-bond donors (Lipinski definition) is 3. The van der Waals surface area contributed by atoms with Crippen molar-refractivity contribution in [2.45, 2.75) is 13.3 Å². The van der Waals surface area contributed by atoms with Gasteiger partial charge in [0, 0.05) is 24.4 Å². The summed E-state index contributed by atoms with van der Waals surface area (Å²) in [6.07, 6.45) is 2.08. The van der Waals surface area contributed by atoms with Crippen molar-refractivity contribution in [3.8, 4) is 0 Å². The summed E-state index contributed by atoms with van der Waals surface area (Å²) < 4.78 is 5.01. The first kappa shape index (κ1) is 16.8. The molecule has 3 N–H and O–H groups in total. The van der Waals surface area contributed by atoms with Crippen molar-refractivity contribution in [1.82, 2.24) is 5.32 Å². The fourth-order valence-corrected chi connectivity index (χ4v) is 2.00.